The maximum absolute atomic E-state index is 5.65. The van der Waals surface area contributed by atoms with Crippen molar-refractivity contribution < 1.29 is 4.74 Å². The Labute approximate surface area is 105 Å². The van der Waals surface area contributed by atoms with E-state index < -0.39 is 0 Å². The lowest BCUT2D eigenvalue weighted by Gasteiger charge is -2.10. The average molecular weight is 230 g/mol. The number of hydrogen-bond donors (Lipinski definition) is 0. The van der Waals surface area contributed by atoms with Crippen LogP contribution in [0, 0.1) is 11.8 Å². The molecule has 1 aromatic carbocycles. The molecule has 0 unspecified atom stereocenters. The lowest BCUT2D eigenvalue weighted by molar-refractivity contribution is 0.336. The fraction of sp³-hybridized carbons (Fsp3) is 0.500. The molecule has 0 bridgehead atoms. The molecule has 0 N–H and O–H groups in total. The van der Waals surface area contributed by atoms with Gasteiger partial charge in [-0.3, -0.25) is 0 Å². The van der Waals surface area contributed by atoms with Gasteiger partial charge in [0.1, 0.15) is 5.75 Å². The van der Waals surface area contributed by atoms with Gasteiger partial charge in [0.25, 0.3) is 0 Å². The molecule has 0 aliphatic heterocycles. The van der Waals surface area contributed by atoms with Gasteiger partial charge in [-0.15, -0.1) is 11.8 Å². The van der Waals surface area contributed by atoms with Gasteiger partial charge < -0.3 is 4.74 Å². The van der Waals surface area contributed by atoms with Gasteiger partial charge in [-0.05, 0) is 37.0 Å². The molecule has 1 nitrogen and oxygen atoms in total. The van der Waals surface area contributed by atoms with Crippen molar-refractivity contribution >= 4 is 0 Å². The Balaban J connectivity index is 2.77. The van der Waals surface area contributed by atoms with Crippen LogP contribution < -0.4 is 4.74 Å². The molecule has 0 heterocycles. The van der Waals surface area contributed by atoms with Crippen LogP contribution in [0.25, 0.3) is 0 Å². The Hall–Kier alpha value is -1.42. The molecule has 0 aliphatic carbocycles. The number of rotatable bonds is 5. The van der Waals surface area contributed by atoms with Crippen LogP contribution in [0.5, 0.6) is 5.75 Å². The first kappa shape index (κ1) is 13.6. The molecule has 0 aliphatic rings. The fourth-order valence-electron chi connectivity index (χ4n) is 1.75. The predicted molar refractivity (Wildman–Crippen MR) is 73.4 cm³/mol. The number of benzene rings is 1. The normalized spacial score (nSPS) is 9.59. The van der Waals surface area contributed by atoms with Gasteiger partial charge in [-0.2, -0.15) is 0 Å². The molecule has 92 valence electrons. The van der Waals surface area contributed by atoms with Gasteiger partial charge in [-0.25, -0.2) is 0 Å². The Morgan fingerprint density at radius 2 is 1.94 bits per heavy atom. The van der Waals surface area contributed by atoms with Gasteiger partial charge in [0.05, 0.1) is 6.61 Å². The highest BCUT2D eigenvalue weighted by Crippen LogP contribution is 2.22. The molecular formula is C16H22O. The second-order valence-electron chi connectivity index (χ2n) is 3.94. The summed E-state index contributed by atoms with van der Waals surface area (Å²) in [6, 6.07) is 6.48. The zero-order valence-electron chi connectivity index (χ0n) is 11.2. The van der Waals surface area contributed by atoms with Crippen molar-refractivity contribution in [3.8, 4) is 17.6 Å². The first-order valence-electron chi connectivity index (χ1n) is 6.52. The second-order valence-corrected chi connectivity index (χ2v) is 3.94. The standard InChI is InChI=1S/C16H22O/c1-4-7-8-9-10-15-13-14(5-2)11-12-16(15)17-6-3/h11-13H,4-6,9-10H2,1-3H3. The van der Waals surface area contributed by atoms with Crippen LogP contribution in [0.15, 0.2) is 18.2 Å². The highest BCUT2D eigenvalue weighted by Gasteiger charge is 2.03. The Morgan fingerprint density at radius 1 is 1.12 bits per heavy atom. The molecule has 17 heavy (non-hydrogen) atoms. The number of hydrogen-bond acceptors (Lipinski definition) is 1. The highest BCUT2D eigenvalue weighted by atomic mass is 16.5. The molecule has 1 heteroatoms. The van der Waals surface area contributed by atoms with E-state index in [-0.39, 0.29) is 0 Å². The van der Waals surface area contributed by atoms with E-state index in [1.807, 2.05) is 6.92 Å². The molecule has 0 saturated heterocycles. The van der Waals surface area contributed by atoms with Gasteiger partial charge in [0.15, 0.2) is 0 Å². The van der Waals surface area contributed by atoms with Crippen LogP contribution in [0.2, 0.25) is 0 Å². The zero-order chi connectivity index (χ0) is 12.5. The largest absolute Gasteiger partial charge is 0.494 e. The summed E-state index contributed by atoms with van der Waals surface area (Å²) in [4.78, 5) is 0. The minimum absolute atomic E-state index is 0.721. The Kier molecular flexibility index (Phi) is 6.25. The summed E-state index contributed by atoms with van der Waals surface area (Å²) in [6.45, 7) is 7.00. The quantitative estimate of drug-likeness (QED) is 0.695. The summed E-state index contributed by atoms with van der Waals surface area (Å²) < 4.78 is 5.65. The molecule has 0 atom stereocenters. The SMILES string of the molecule is CCC#CCCc1cc(CC)ccc1OCC. The van der Waals surface area contributed by atoms with Crippen molar-refractivity contribution in [2.75, 3.05) is 6.61 Å². The Morgan fingerprint density at radius 3 is 2.59 bits per heavy atom. The molecule has 0 saturated carbocycles. The van der Waals surface area contributed by atoms with Crippen LogP contribution in [-0.2, 0) is 12.8 Å². The van der Waals surface area contributed by atoms with E-state index >= 15 is 0 Å². The monoisotopic (exact) mass is 230 g/mol. The molecule has 0 aromatic heterocycles. The van der Waals surface area contributed by atoms with Crippen molar-refractivity contribution in [3.63, 3.8) is 0 Å². The fourth-order valence-corrected chi connectivity index (χ4v) is 1.75. The van der Waals surface area contributed by atoms with E-state index in [4.69, 9.17) is 4.74 Å². The average Bonchev–Trinajstić information content (AvgIpc) is 2.36. The third kappa shape index (κ3) is 4.53. The van der Waals surface area contributed by atoms with E-state index in [0.717, 1.165) is 38.0 Å². The summed E-state index contributed by atoms with van der Waals surface area (Å²) in [6.07, 6.45) is 3.91. The predicted octanol–water partition coefficient (Wildman–Crippen LogP) is 3.99. The first-order chi connectivity index (χ1) is 8.31. The first-order valence-corrected chi connectivity index (χ1v) is 6.52. The maximum Gasteiger partial charge on any atom is 0.122 e. The van der Waals surface area contributed by atoms with E-state index in [9.17, 15) is 0 Å². The molecular weight excluding hydrogens is 208 g/mol. The Bertz CT molecular complexity index is 396. The topological polar surface area (TPSA) is 9.23 Å². The van der Waals surface area contributed by atoms with Crippen molar-refractivity contribution in [1.82, 2.24) is 0 Å². The molecule has 0 radical (unpaired) electrons. The van der Waals surface area contributed by atoms with E-state index in [1.54, 1.807) is 0 Å². The third-order valence-corrected chi connectivity index (χ3v) is 2.65. The van der Waals surface area contributed by atoms with E-state index in [2.05, 4.69) is 43.9 Å². The second kappa shape index (κ2) is 7.79. The minimum Gasteiger partial charge on any atom is -0.494 e. The summed E-state index contributed by atoms with van der Waals surface area (Å²) in [7, 11) is 0. The van der Waals surface area contributed by atoms with Crippen LogP contribution >= 0.6 is 0 Å². The van der Waals surface area contributed by atoms with Gasteiger partial charge in [0, 0.05) is 12.8 Å². The minimum atomic E-state index is 0.721. The van der Waals surface area contributed by atoms with Crippen LogP contribution in [-0.4, -0.2) is 6.61 Å². The maximum atomic E-state index is 5.65. The van der Waals surface area contributed by atoms with Crippen molar-refractivity contribution in [3.05, 3.63) is 29.3 Å². The lowest BCUT2D eigenvalue weighted by atomic mass is 10.0. The smallest absolute Gasteiger partial charge is 0.122 e. The van der Waals surface area contributed by atoms with E-state index in [0.29, 0.717) is 0 Å². The molecule has 0 fully saturated rings. The van der Waals surface area contributed by atoms with Crippen LogP contribution in [0.4, 0.5) is 0 Å². The molecule has 0 spiro atoms. The van der Waals surface area contributed by atoms with Crippen LogP contribution in [0.1, 0.15) is 44.7 Å². The third-order valence-electron chi connectivity index (χ3n) is 2.65. The number of ether oxygens (including phenoxy) is 1. The molecule has 1 rings (SSSR count). The summed E-state index contributed by atoms with van der Waals surface area (Å²) in [5, 5.41) is 0. The zero-order valence-corrected chi connectivity index (χ0v) is 11.2. The van der Waals surface area contributed by atoms with Gasteiger partial charge in [0.2, 0.25) is 0 Å². The van der Waals surface area contributed by atoms with Crippen molar-refractivity contribution in [2.45, 2.75) is 46.5 Å². The van der Waals surface area contributed by atoms with Gasteiger partial charge >= 0.3 is 0 Å². The molecule has 0 amide bonds. The highest BCUT2D eigenvalue weighted by molar-refractivity contribution is 5.38. The van der Waals surface area contributed by atoms with Gasteiger partial charge in [-0.1, -0.05) is 26.0 Å². The van der Waals surface area contributed by atoms with Crippen molar-refractivity contribution in [1.29, 1.82) is 0 Å². The van der Waals surface area contributed by atoms with Crippen LogP contribution in [0.3, 0.4) is 0 Å². The number of aryl methyl sites for hydroxylation is 2. The summed E-state index contributed by atoms with van der Waals surface area (Å²) in [5.74, 6) is 7.31. The summed E-state index contributed by atoms with van der Waals surface area (Å²) in [5.41, 5.74) is 2.66. The van der Waals surface area contributed by atoms with E-state index in [1.165, 1.54) is 11.1 Å². The summed E-state index contributed by atoms with van der Waals surface area (Å²) >= 11 is 0. The molecule has 1 aromatic rings. The lowest BCUT2D eigenvalue weighted by Crippen LogP contribution is -1.98. The van der Waals surface area contributed by atoms with Crippen molar-refractivity contribution in [2.24, 2.45) is 0 Å².